The van der Waals surface area contributed by atoms with Crippen molar-refractivity contribution >= 4 is 23.7 Å². The zero-order valence-electron chi connectivity index (χ0n) is 18.1. The van der Waals surface area contributed by atoms with Gasteiger partial charge in [-0.1, -0.05) is 60.7 Å². The standard InChI is InChI=1S/C24H26NO5P/c1-25(24(26)20-15-22(29-3)23(30-4)16-21(20)28-2)17-31(27,18-11-7-5-8-12-18)19-13-9-6-10-14-19/h5-16H,17H2,1-4H3. The number of rotatable bonds is 8. The van der Waals surface area contributed by atoms with E-state index in [1.54, 1.807) is 19.2 Å². The first-order chi connectivity index (χ1) is 14.9. The summed E-state index contributed by atoms with van der Waals surface area (Å²) in [5.74, 6) is 0.890. The molecule has 31 heavy (non-hydrogen) atoms. The summed E-state index contributed by atoms with van der Waals surface area (Å²) in [6.07, 6.45) is 0.0390. The molecule has 0 saturated heterocycles. The molecule has 1 amide bonds. The van der Waals surface area contributed by atoms with Crippen molar-refractivity contribution in [2.45, 2.75) is 0 Å². The summed E-state index contributed by atoms with van der Waals surface area (Å²) < 4.78 is 30.3. The third-order valence-corrected chi connectivity index (χ3v) is 8.13. The zero-order valence-corrected chi connectivity index (χ0v) is 19.0. The molecule has 0 aromatic heterocycles. The molecule has 7 heteroatoms. The van der Waals surface area contributed by atoms with Crippen LogP contribution in [0.15, 0.2) is 72.8 Å². The van der Waals surface area contributed by atoms with Crippen LogP contribution in [0.25, 0.3) is 0 Å². The molecule has 3 aromatic carbocycles. The number of carbonyl (C=O) groups excluding carboxylic acids is 1. The fourth-order valence-electron chi connectivity index (χ4n) is 3.41. The normalized spacial score (nSPS) is 11.0. The van der Waals surface area contributed by atoms with Crippen LogP contribution in [0, 0.1) is 0 Å². The lowest BCUT2D eigenvalue weighted by Gasteiger charge is -2.26. The molecule has 0 aliphatic rings. The topological polar surface area (TPSA) is 65.1 Å². The van der Waals surface area contributed by atoms with Crippen molar-refractivity contribution in [2.75, 3.05) is 34.7 Å². The number of hydrogen-bond acceptors (Lipinski definition) is 5. The van der Waals surface area contributed by atoms with E-state index in [1.807, 2.05) is 60.7 Å². The summed E-state index contributed by atoms with van der Waals surface area (Å²) in [5, 5.41) is 1.39. The average molecular weight is 439 g/mol. The molecule has 162 valence electrons. The maximum Gasteiger partial charge on any atom is 0.257 e. The van der Waals surface area contributed by atoms with Gasteiger partial charge in [-0.25, -0.2) is 0 Å². The Labute approximate surface area is 182 Å². The molecule has 0 heterocycles. The Morgan fingerprint density at radius 3 is 1.68 bits per heavy atom. The largest absolute Gasteiger partial charge is 0.496 e. The van der Waals surface area contributed by atoms with Crippen LogP contribution in [-0.2, 0) is 4.57 Å². The first-order valence-electron chi connectivity index (χ1n) is 9.70. The molecular weight excluding hydrogens is 413 g/mol. The van der Waals surface area contributed by atoms with Crippen molar-refractivity contribution in [1.82, 2.24) is 4.90 Å². The minimum atomic E-state index is -3.10. The van der Waals surface area contributed by atoms with Crippen LogP contribution >= 0.6 is 7.14 Å². The first kappa shape index (κ1) is 22.4. The van der Waals surface area contributed by atoms with Crippen LogP contribution in [0.2, 0.25) is 0 Å². The van der Waals surface area contributed by atoms with Gasteiger partial charge in [-0.3, -0.25) is 4.79 Å². The minimum Gasteiger partial charge on any atom is -0.496 e. The SMILES string of the molecule is COc1cc(OC)c(C(=O)N(C)CP(=O)(c2ccccc2)c2ccccc2)cc1OC. The zero-order chi connectivity index (χ0) is 22.4. The van der Waals surface area contributed by atoms with E-state index in [-0.39, 0.29) is 12.2 Å². The van der Waals surface area contributed by atoms with Crippen molar-refractivity contribution in [3.8, 4) is 17.2 Å². The van der Waals surface area contributed by atoms with Gasteiger partial charge in [0.2, 0.25) is 0 Å². The van der Waals surface area contributed by atoms with Gasteiger partial charge in [-0.2, -0.15) is 0 Å². The molecule has 0 unspecified atom stereocenters. The highest BCUT2D eigenvalue weighted by molar-refractivity contribution is 7.78. The number of amides is 1. The van der Waals surface area contributed by atoms with E-state index < -0.39 is 7.14 Å². The van der Waals surface area contributed by atoms with Crippen molar-refractivity contribution in [2.24, 2.45) is 0 Å². The molecule has 0 N–H and O–H groups in total. The fourth-order valence-corrected chi connectivity index (χ4v) is 6.07. The number of methoxy groups -OCH3 is 3. The lowest BCUT2D eigenvalue weighted by Crippen LogP contribution is -2.33. The van der Waals surface area contributed by atoms with E-state index in [0.29, 0.717) is 33.4 Å². The smallest absolute Gasteiger partial charge is 0.257 e. The van der Waals surface area contributed by atoms with E-state index in [9.17, 15) is 9.36 Å². The minimum absolute atomic E-state index is 0.0390. The van der Waals surface area contributed by atoms with E-state index in [2.05, 4.69) is 0 Å². The van der Waals surface area contributed by atoms with Crippen LogP contribution in [-0.4, -0.2) is 45.5 Å². The van der Waals surface area contributed by atoms with Crippen LogP contribution < -0.4 is 24.8 Å². The Hall–Kier alpha value is -3.24. The molecule has 0 atom stereocenters. The summed E-state index contributed by atoms with van der Waals surface area (Å²) >= 11 is 0. The van der Waals surface area contributed by atoms with Gasteiger partial charge in [-0.15, -0.1) is 0 Å². The second-order valence-corrected chi connectivity index (χ2v) is 9.76. The van der Waals surface area contributed by atoms with Gasteiger partial charge in [0, 0.05) is 29.8 Å². The highest BCUT2D eigenvalue weighted by atomic mass is 31.2. The number of carbonyl (C=O) groups is 1. The third-order valence-electron chi connectivity index (χ3n) is 5.04. The maximum absolute atomic E-state index is 14.3. The van der Waals surface area contributed by atoms with Gasteiger partial charge in [0.15, 0.2) is 18.6 Å². The molecule has 3 aromatic rings. The lowest BCUT2D eigenvalue weighted by atomic mass is 10.1. The molecule has 0 saturated carbocycles. The third kappa shape index (κ3) is 4.59. The van der Waals surface area contributed by atoms with Crippen molar-refractivity contribution in [3.05, 3.63) is 78.4 Å². The first-order valence-corrected chi connectivity index (χ1v) is 11.6. The maximum atomic E-state index is 14.3. The lowest BCUT2D eigenvalue weighted by molar-refractivity contribution is 0.0813. The molecule has 0 fully saturated rings. The van der Waals surface area contributed by atoms with Gasteiger partial charge in [0.05, 0.1) is 33.2 Å². The molecule has 0 aliphatic heterocycles. The molecule has 0 bridgehead atoms. The van der Waals surface area contributed by atoms with E-state index in [0.717, 1.165) is 0 Å². The van der Waals surface area contributed by atoms with E-state index >= 15 is 0 Å². The second kappa shape index (κ2) is 9.71. The Morgan fingerprint density at radius 2 is 1.23 bits per heavy atom. The predicted octanol–water partition coefficient (Wildman–Crippen LogP) is 3.76. The van der Waals surface area contributed by atoms with Gasteiger partial charge >= 0.3 is 0 Å². The van der Waals surface area contributed by atoms with Gasteiger partial charge in [-0.05, 0) is 0 Å². The average Bonchev–Trinajstić information content (AvgIpc) is 2.83. The van der Waals surface area contributed by atoms with E-state index in [1.165, 1.54) is 26.2 Å². The quantitative estimate of drug-likeness (QED) is 0.500. The van der Waals surface area contributed by atoms with Crippen LogP contribution in [0.1, 0.15) is 10.4 Å². The molecule has 0 radical (unpaired) electrons. The predicted molar refractivity (Wildman–Crippen MR) is 123 cm³/mol. The Morgan fingerprint density at radius 1 is 0.774 bits per heavy atom. The molecule has 6 nitrogen and oxygen atoms in total. The summed E-state index contributed by atoms with van der Waals surface area (Å²) in [6.45, 7) is 0. The van der Waals surface area contributed by atoms with Gasteiger partial charge in [0.1, 0.15) is 5.75 Å². The summed E-state index contributed by atoms with van der Waals surface area (Å²) in [7, 11) is 3.03. The second-order valence-electron chi connectivity index (χ2n) is 6.96. The summed E-state index contributed by atoms with van der Waals surface area (Å²) in [4.78, 5) is 14.8. The van der Waals surface area contributed by atoms with Gasteiger partial charge < -0.3 is 23.7 Å². The van der Waals surface area contributed by atoms with Crippen LogP contribution in [0.5, 0.6) is 17.2 Å². The molecular formula is C24H26NO5P. The van der Waals surface area contributed by atoms with E-state index in [4.69, 9.17) is 14.2 Å². The number of ether oxygens (including phenoxy) is 3. The highest BCUT2D eigenvalue weighted by Crippen LogP contribution is 2.44. The monoisotopic (exact) mass is 439 g/mol. The van der Waals surface area contributed by atoms with Crippen LogP contribution in [0.3, 0.4) is 0 Å². The summed E-state index contributed by atoms with van der Waals surface area (Å²) in [5.41, 5.74) is 0.301. The van der Waals surface area contributed by atoms with Crippen molar-refractivity contribution in [1.29, 1.82) is 0 Å². The molecule has 0 spiro atoms. The van der Waals surface area contributed by atoms with Crippen LogP contribution in [0.4, 0.5) is 0 Å². The number of nitrogens with zero attached hydrogens (tertiary/aromatic N) is 1. The molecule has 0 aliphatic carbocycles. The highest BCUT2D eigenvalue weighted by Gasteiger charge is 2.31. The molecule has 3 rings (SSSR count). The number of benzene rings is 3. The summed E-state index contributed by atoms with van der Waals surface area (Å²) in [6, 6.07) is 21.7. The number of hydrogen-bond donors (Lipinski definition) is 0. The Kier molecular flexibility index (Phi) is 7.03. The van der Waals surface area contributed by atoms with Crippen molar-refractivity contribution < 1.29 is 23.6 Å². The fraction of sp³-hybridized carbons (Fsp3) is 0.208. The van der Waals surface area contributed by atoms with Gasteiger partial charge in [0.25, 0.3) is 5.91 Å². The Balaban J connectivity index is 2.01. The van der Waals surface area contributed by atoms with Crippen molar-refractivity contribution in [3.63, 3.8) is 0 Å². The Bertz CT molecular complexity index is 1040.